The largest absolute Gasteiger partial charge is 0.397 e. The van der Waals surface area contributed by atoms with Gasteiger partial charge in [0, 0.05) is 29.5 Å². The van der Waals surface area contributed by atoms with E-state index < -0.39 is 54.0 Å². The van der Waals surface area contributed by atoms with Gasteiger partial charge in [0.2, 0.25) is 5.91 Å². The highest BCUT2D eigenvalue weighted by Gasteiger charge is 2.49. The fourth-order valence-corrected chi connectivity index (χ4v) is 5.41. The lowest BCUT2D eigenvalue weighted by molar-refractivity contribution is -0.120. The molecule has 42 heavy (non-hydrogen) atoms. The average molecular weight is 584 g/mol. The molecular weight excluding hydrogens is 557 g/mol. The smallest absolute Gasteiger partial charge is 0.278 e. The predicted octanol–water partition coefficient (Wildman–Crippen LogP) is 4.62. The molecule has 2 amide bonds. The lowest BCUT2D eigenvalue weighted by Gasteiger charge is -2.21. The molecule has 12 heteroatoms. The van der Waals surface area contributed by atoms with Crippen molar-refractivity contribution < 1.29 is 31.5 Å². The summed E-state index contributed by atoms with van der Waals surface area (Å²) < 4.78 is 68.8. The number of nitrogens with two attached hydrogens (primary N) is 2. The number of aliphatic imine (C=N–C) groups is 1. The zero-order valence-electron chi connectivity index (χ0n) is 22.1. The molecule has 2 aliphatic carbocycles. The number of hydrogen-bond acceptors (Lipinski definition) is 5. The Kier molecular flexibility index (Phi) is 8.06. The first-order chi connectivity index (χ1) is 20.0. The highest BCUT2D eigenvalue weighted by atomic mass is 19.3. The molecular formula is C30H26F5N5O2. The van der Waals surface area contributed by atoms with Crippen LogP contribution in [0.15, 0.2) is 71.0 Å². The number of rotatable bonds is 9. The summed E-state index contributed by atoms with van der Waals surface area (Å²) in [6.45, 7) is -0.406. The second kappa shape index (κ2) is 11.7. The number of nitrogens with zero attached hydrogens (tertiary/aromatic N) is 2. The average Bonchev–Trinajstić information content (AvgIpc) is 3.61. The molecule has 0 bridgehead atoms. The Labute approximate surface area is 237 Å². The van der Waals surface area contributed by atoms with Gasteiger partial charge in [-0.25, -0.2) is 22.0 Å². The molecule has 3 aromatic rings. The van der Waals surface area contributed by atoms with Crippen molar-refractivity contribution >= 4 is 17.5 Å². The van der Waals surface area contributed by atoms with Gasteiger partial charge in [0.1, 0.15) is 24.0 Å². The van der Waals surface area contributed by atoms with Crippen LogP contribution in [0.2, 0.25) is 0 Å². The normalized spacial score (nSPS) is 20.4. The number of amides is 2. The molecule has 7 nitrogen and oxygen atoms in total. The minimum Gasteiger partial charge on any atom is -0.397 e. The number of allylic oxidation sites excluding steroid dienone is 2. The van der Waals surface area contributed by atoms with Gasteiger partial charge in [0.25, 0.3) is 12.3 Å². The van der Waals surface area contributed by atoms with Gasteiger partial charge >= 0.3 is 0 Å². The van der Waals surface area contributed by atoms with Gasteiger partial charge in [-0.05, 0) is 72.2 Å². The quantitative estimate of drug-likeness (QED) is 0.318. The van der Waals surface area contributed by atoms with Crippen LogP contribution in [0.4, 0.5) is 22.0 Å². The van der Waals surface area contributed by atoms with E-state index in [-0.39, 0.29) is 40.7 Å². The monoisotopic (exact) mass is 583 g/mol. The molecule has 2 aliphatic rings. The molecule has 2 saturated carbocycles. The molecule has 0 aliphatic heterocycles. The van der Waals surface area contributed by atoms with Crippen molar-refractivity contribution in [3.8, 4) is 11.1 Å². The summed E-state index contributed by atoms with van der Waals surface area (Å²) in [6.07, 6.45) is -0.317. The second-order valence-electron chi connectivity index (χ2n) is 10.3. The molecule has 2 aromatic carbocycles. The third-order valence-corrected chi connectivity index (χ3v) is 7.43. The molecule has 0 spiro atoms. The maximum absolute atomic E-state index is 14.2. The number of alkyl halides is 2. The van der Waals surface area contributed by atoms with E-state index in [4.69, 9.17) is 11.5 Å². The Hall–Kier alpha value is -4.61. The van der Waals surface area contributed by atoms with Crippen LogP contribution in [-0.4, -0.2) is 35.5 Å². The standard InChI is InChI=1S/C30H26F5N5O2/c31-17-6-14(7-18(32)12-17)8-24(28-19(2-1-5-38-28)15-3-4-23(33)21(9-15)30(37)42)40-25(41)13-39-27-20-10-16(20)11-22(27)26(36)29(34)35/h1-7,9,12,16,20,24,29H,8,10-11,13,36H2,(H2,37,42)(H,40,41)/t16?,20?,24-/m0/s1. The molecule has 218 valence electrons. The predicted molar refractivity (Wildman–Crippen MR) is 145 cm³/mol. The first-order valence-corrected chi connectivity index (χ1v) is 13.1. The summed E-state index contributed by atoms with van der Waals surface area (Å²) in [7, 11) is 0. The summed E-state index contributed by atoms with van der Waals surface area (Å²) >= 11 is 0. The van der Waals surface area contributed by atoms with E-state index in [2.05, 4.69) is 15.3 Å². The van der Waals surface area contributed by atoms with E-state index in [1.165, 1.54) is 18.3 Å². The number of carbonyl (C=O) groups is 2. The lowest BCUT2D eigenvalue weighted by Crippen LogP contribution is -2.33. The Morgan fingerprint density at radius 1 is 1.05 bits per heavy atom. The van der Waals surface area contributed by atoms with Crippen LogP contribution in [0, 0.1) is 29.3 Å². The first-order valence-electron chi connectivity index (χ1n) is 13.1. The van der Waals surface area contributed by atoms with Crippen LogP contribution in [-0.2, 0) is 11.2 Å². The minimum absolute atomic E-state index is 0.0171. The van der Waals surface area contributed by atoms with Gasteiger partial charge < -0.3 is 16.8 Å². The fraction of sp³-hybridized carbons (Fsp3) is 0.267. The van der Waals surface area contributed by atoms with Crippen molar-refractivity contribution in [2.45, 2.75) is 31.7 Å². The number of pyridine rings is 1. The SMILES string of the molecule is NC(=O)c1cc(-c2cccnc2[C@H](Cc2cc(F)cc(F)c2)NC(=O)CN=C2C(=C(N)C(F)F)CC3CC23)ccc1F. The van der Waals surface area contributed by atoms with Gasteiger partial charge in [-0.3, -0.25) is 19.6 Å². The van der Waals surface area contributed by atoms with Crippen LogP contribution in [0.1, 0.15) is 40.5 Å². The zero-order chi connectivity index (χ0) is 30.1. The van der Waals surface area contributed by atoms with Crippen LogP contribution < -0.4 is 16.8 Å². The van der Waals surface area contributed by atoms with Gasteiger partial charge in [0.05, 0.1) is 23.0 Å². The van der Waals surface area contributed by atoms with E-state index in [0.29, 0.717) is 29.3 Å². The molecule has 5 N–H and O–H groups in total. The maximum Gasteiger partial charge on any atom is 0.278 e. The van der Waals surface area contributed by atoms with Gasteiger partial charge in [-0.1, -0.05) is 12.1 Å². The molecule has 0 saturated heterocycles. The van der Waals surface area contributed by atoms with Crippen LogP contribution in [0.5, 0.6) is 0 Å². The number of primary amides is 1. The maximum atomic E-state index is 14.2. The summed E-state index contributed by atoms with van der Waals surface area (Å²) in [6, 6.07) is 8.92. The highest BCUT2D eigenvalue weighted by Crippen LogP contribution is 2.53. The van der Waals surface area contributed by atoms with Gasteiger partial charge in [-0.2, -0.15) is 0 Å². The summed E-state index contributed by atoms with van der Waals surface area (Å²) in [5, 5.41) is 2.78. The molecule has 5 rings (SSSR count). The molecule has 1 heterocycles. The Morgan fingerprint density at radius 3 is 2.48 bits per heavy atom. The molecule has 0 radical (unpaired) electrons. The van der Waals surface area contributed by atoms with E-state index in [0.717, 1.165) is 24.6 Å². The highest BCUT2D eigenvalue weighted by molar-refractivity contribution is 6.07. The Balaban J connectivity index is 1.48. The summed E-state index contributed by atoms with van der Waals surface area (Å²) in [5.41, 5.74) is 11.9. The van der Waals surface area contributed by atoms with E-state index >= 15 is 0 Å². The van der Waals surface area contributed by atoms with E-state index in [1.807, 2.05) is 0 Å². The third kappa shape index (κ3) is 6.17. The van der Waals surface area contributed by atoms with Crippen molar-refractivity contribution in [1.82, 2.24) is 10.3 Å². The number of fused-ring (bicyclic) bond motifs is 1. The summed E-state index contributed by atoms with van der Waals surface area (Å²) in [4.78, 5) is 33.7. The van der Waals surface area contributed by atoms with E-state index in [9.17, 15) is 31.5 Å². The van der Waals surface area contributed by atoms with Crippen molar-refractivity contribution in [1.29, 1.82) is 0 Å². The van der Waals surface area contributed by atoms with Crippen molar-refractivity contribution in [2.75, 3.05) is 6.54 Å². The lowest BCUT2D eigenvalue weighted by atomic mass is 9.94. The van der Waals surface area contributed by atoms with Crippen LogP contribution >= 0.6 is 0 Å². The van der Waals surface area contributed by atoms with E-state index in [1.54, 1.807) is 12.1 Å². The number of carbonyl (C=O) groups excluding carboxylic acids is 2. The third-order valence-electron chi connectivity index (χ3n) is 7.43. The van der Waals surface area contributed by atoms with Crippen molar-refractivity contribution in [2.24, 2.45) is 28.3 Å². The molecule has 2 unspecified atom stereocenters. The van der Waals surface area contributed by atoms with Crippen LogP contribution in [0.25, 0.3) is 11.1 Å². The molecule has 2 fully saturated rings. The number of benzene rings is 2. The van der Waals surface area contributed by atoms with Gasteiger partial charge in [0.15, 0.2) is 0 Å². The van der Waals surface area contributed by atoms with Crippen LogP contribution in [0.3, 0.4) is 0 Å². The minimum atomic E-state index is -2.84. The second-order valence-corrected chi connectivity index (χ2v) is 10.3. The number of hydrogen-bond donors (Lipinski definition) is 3. The first kappa shape index (κ1) is 28.9. The molecule has 1 aromatic heterocycles. The fourth-order valence-electron chi connectivity index (χ4n) is 5.41. The zero-order valence-corrected chi connectivity index (χ0v) is 22.1. The summed E-state index contributed by atoms with van der Waals surface area (Å²) in [5.74, 6) is -3.86. The topological polar surface area (TPSA) is 123 Å². The Bertz CT molecular complexity index is 1600. The Morgan fingerprint density at radius 2 is 1.79 bits per heavy atom. The van der Waals surface area contributed by atoms with Gasteiger partial charge in [-0.15, -0.1) is 0 Å². The number of aromatic nitrogens is 1. The number of nitrogens with one attached hydrogen (secondary N) is 1. The number of halogens is 5. The van der Waals surface area contributed by atoms with Crippen molar-refractivity contribution in [3.05, 3.63) is 100 Å². The van der Waals surface area contributed by atoms with Crippen molar-refractivity contribution in [3.63, 3.8) is 0 Å². The molecule has 3 atom stereocenters.